The van der Waals surface area contributed by atoms with Crippen LogP contribution in [0.3, 0.4) is 0 Å². The highest BCUT2D eigenvalue weighted by Crippen LogP contribution is 2.18. The Morgan fingerprint density at radius 3 is 2.61 bits per heavy atom. The highest BCUT2D eigenvalue weighted by molar-refractivity contribution is 5.78. The summed E-state index contributed by atoms with van der Waals surface area (Å²) in [5.41, 5.74) is 4.80. The Morgan fingerprint density at radius 2 is 1.87 bits per heavy atom. The van der Waals surface area contributed by atoms with E-state index in [-0.39, 0.29) is 5.91 Å². The molecule has 7 nitrogen and oxygen atoms in total. The van der Waals surface area contributed by atoms with Crippen molar-refractivity contribution >= 4 is 16.9 Å². The van der Waals surface area contributed by atoms with Crippen LogP contribution in [0.2, 0.25) is 0 Å². The van der Waals surface area contributed by atoms with Gasteiger partial charge in [-0.2, -0.15) is 0 Å². The van der Waals surface area contributed by atoms with Crippen LogP contribution in [0.1, 0.15) is 28.4 Å². The lowest BCUT2D eigenvalue weighted by molar-refractivity contribution is -0.120. The summed E-state index contributed by atoms with van der Waals surface area (Å²) in [6, 6.07) is 15.6. The van der Waals surface area contributed by atoms with E-state index in [0.717, 1.165) is 45.2 Å². The first-order chi connectivity index (χ1) is 15.0. The van der Waals surface area contributed by atoms with Crippen LogP contribution in [-0.2, 0) is 24.4 Å². The second-order valence-electron chi connectivity index (χ2n) is 7.56. The van der Waals surface area contributed by atoms with Crippen molar-refractivity contribution in [3.05, 3.63) is 76.9 Å². The number of amides is 1. The molecule has 2 aromatic carbocycles. The lowest BCUT2D eigenvalue weighted by atomic mass is 10.1. The standard InChI is InChI=1S/C24H26N4O3/c1-16-21(17(2)31-27-16)15-30-20-10-8-19(9-11-20)14-24(29)25-12-13-28-18(3)26-22-6-4-5-7-23(22)28/h4-11H,12-15H2,1-3H3,(H,25,29). The third-order valence-electron chi connectivity index (χ3n) is 5.36. The predicted molar refractivity (Wildman–Crippen MR) is 118 cm³/mol. The number of imidazole rings is 1. The van der Waals surface area contributed by atoms with Gasteiger partial charge in [-0.1, -0.05) is 29.4 Å². The number of nitrogens with zero attached hydrogens (tertiary/aromatic N) is 3. The number of aromatic nitrogens is 3. The Labute approximate surface area is 181 Å². The quantitative estimate of drug-likeness (QED) is 0.469. The van der Waals surface area contributed by atoms with E-state index in [1.54, 1.807) is 0 Å². The molecule has 0 bridgehead atoms. The van der Waals surface area contributed by atoms with Crippen molar-refractivity contribution in [2.24, 2.45) is 0 Å². The Kier molecular flexibility index (Phi) is 6.02. The van der Waals surface area contributed by atoms with E-state index in [1.807, 2.05) is 69.3 Å². The maximum atomic E-state index is 12.3. The van der Waals surface area contributed by atoms with E-state index < -0.39 is 0 Å². The third-order valence-corrected chi connectivity index (χ3v) is 5.36. The van der Waals surface area contributed by atoms with E-state index >= 15 is 0 Å². The van der Waals surface area contributed by atoms with Gasteiger partial charge in [-0.3, -0.25) is 4.79 Å². The van der Waals surface area contributed by atoms with Crippen molar-refractivity contribution in [1.82, 2.24) is 20.0 Å². The van der Waals surface area contributed by atoms with Crippen LogP contribution >= 0.6 is 0 Å². The molecule has 0 aliphatic carbocycles. The summed E-state index contributed by atoms with van der Waals surface area (Å²) >= 11 is 0. The first-order valence-corrected chi connectivity index (χ1v) is 10.3. The largest absolute Gasteiger partial charge is 0.489 e. The lowest BCUT2D eigenvalue weighted by Crippen LogP contribution is -2.28. The van der Waals surface area contributed by atoms with E-state index in [1.165, 1.54) is 0 Å². The summed E-state index contributed by atoms with van der Waals surface area (Å²) in [6.45, 7) is 7.40. The Bertz CT molecular complexity index is 1170. The van der Waals surface area contributed by atoms with Crippen LogP contribution < -0.4 is 10.1 Å². The van der Waals surface area contributed by atoms with Gasteiger partial charge in [0.25, 0.3) is 0 Å². The Balaban J connectivity index is 1.26. The number of hydrogen-bond acceptors (Lipinski definition) is 5. The van der Waals surface area contributed by atoms with Gasteiger partial charge in [0.15, 0.2) is 0 Å². The highest BCUT2D eigenvalue weighted by Gasteiger charge is 2.10. The van der Waals surface area contributed by atoms with Gasteiger partial charge in [0, 0.05) is 13.1 Å². The predicted octanol–water partition coefficient (Wildman–Crippen LogP) is 3.89. The summed E-state index contributed by atoms with van der Waals surface area (Å²) in [6.07, 6.45) is 0.327. The number of para-hydroxylation sites is 2. The molecule has 160 valence electrons. The van der Waals surface area contributed by atoms with Crippen LogP contribution in [0.15, 0.2) is 53.1 Å². The number of nitrogens with one attached hydrogen (secondary N) is 1. The third kappa shape index (κ3) is 4.77. The van der Waals surface area contributed by atoms with E-state index in [4.69, 9.17) is 9.26 Å². The molecule has 0 saturated heterocycles. The van der Waals surface area contributed by atoms with Crippen molar-refractivity contribution in [1.29, 1.82) is 0 Å². The molecule has 0 aliphatic heterocycles. The van der Waals surface area contributed by atoms with Gasteiger partial charge < -0.3 is 19.1 Å². The van der Waals surface area contributed by atoms with Crippen molar-refractivity contribution in [3.63, 3.8) is 0 Å². The molecule has 4 aromatic rings. The smallest absolute Gasteiger partial charge is 0.224 e. The second kappa shape index (κ2) is 9.04. The minimum absolute atomic E-state index is 0.00790. The zero-order valence-corrected chi connectivity index (χ0v) is 18.0. The molecule has 0 atom stereocenters. The van der Waals surface area contributed by atoms with Crippen molar-refractivity contribution in [2.75, 3.05) is 6.54 Å². The van der Waals surface area contributed by atoms with Crippen molar-refractivity contribution < 1.29 is 14.1 Å². The molecule has 0 spiro atoms. The number of rotatable bonds is 8. The maximum absolute atomic E-state index is 12.3. The zero-order chi connectivity index (χ0) is 21.8. The van der Waals surface area contributed by atoms with Crippen molar-refractivity contribution in [2.45, 2.75) is 40.3 Å². The topological polar surface area (TPSA) is 82.2 Å². The molecule has 0 fully saturated rings. The van der Waals surface area contributed by atoms with Gasteiger partial charge in [-0.25, -0.2) is 4.98 Å². The average molecular weight is 418 g/mol. The van der Waals surface area contributed by atoms with E-state index in [2.05, 4.69) is 20.0 Å². The Morgan fingerprint density at radius 1 is 1.10 bits per heavy atom. The van der Waals surface area contributed by atoms with Gasteiger partial charge in [0.05, 0.1) is 28.7 Å². The number of aryl methyl sites for hydroxylation is 3. The van der Waals surface area contributed by atoms with Crippen LogP contribution in [0.4, 0.5) is 0 Å². The average Bonchev–Trinajstić information content (AvgIpc) is 3.25. The second-order valence-corrected chi connectivity index (χ2v) is 7.56. The molecular weight excluding hydrogens is 392 g/mol. The molecule has 0 radical (unpaired) electrons. The van der Waals surface area contributed by atoms with Crippen LogP contribution in [0.5, 0.6) is 5.75 Å². The monoisotopic (exact) mass is 418 g/mol. The summed E-state index contributed by atoms with van der Waals surface area (Å²) in [5.74, 6) is 2.45. The maximum Gasteiger partial charge on any atom is 0.224 e. The molecule has 0 aliphatic rings. The normalized spacial score (nSPS) is 11.1. The molecule has 7 heteroatoms. The lowest BCUT2D eigenvalue weighted by Gasteiger charge is -2.09. The van der Waals surface area contributed by atoms with Crippen molar-refractivity contribution in [3.8, 4) is 5.75 Å². The number of ether oxygens (including phenoxy) is 1. The molecule has 0 unspecified atom stereocenters. The molecular formula is C24H26N4O3. The van der Waals surface area contributed by atoms with Gasteiger partial charge in [0.1, 0.15) is 23.9 Å². The summed E-state index contributed by atoms with van der Waals surface area (Å²) in [7, 11) is 0. The summed E-state index contributed by atoms with van der Waals surface area (Å²) in [4.78, 5) is 16.9. The fourth-order valence-corrected chi connectivity index (χ4v) is 3.60. The van der Waals surface area contributed by atoms with Crippen LogP contribution in [-0.4, -0.2) is 27.2 Å². The first kappa shape index (κ1) is 20.7. The molecule has 4 rings (SSSR count). The fourth-order valence-electron chi connectivity index (χ4n) is 3.60. The molecule has 2 aromatic heterocycles. The SMILES string of the molecule is Cc1noc(C)c1COc1ccc(CC(=O)NCCn2c(C)nc3ccccc32)cc1. The van der Waals surface area contributed by atoms with Gasteiger partial charge >= 0.3 is 0 Å². The van der Waals surface area contributed by atoms with E-state index in [9.17, 15) is 4.79 Å². The van der Waals surface area contributed by atoms with Gasteiger partial charge in [-0.05, 0) is 50.6 Å². The van der Waals surface area contributed by atoms with Crippen LogP contribution in [0.25, 0.3) is 11.0 Å². The number of hydrogen-bond donors (Lipinski definition) is 1. The number of carbonyl (C=O) groups is 1. The molecule has 31 heavy (non-hydrogen) atoms. The summed E-state index contributed by atoms with van der Waals surface area (Å²) < 4.78 is 13.1. The van der Waals surface area contributed by atoms with Gasteiger partial charge in [0.2, 0.25) is 5.91 Å². The van der Waals surface area contributed by atoms with Gasteiger partial charge in [-0.15, -0.1) is 0 Å². The Hall–Kier alpha value is -3.61. The number of carbonyl (C=O) groups excluding carboxylic acids is 1. The number of fused-ring (bicyclic) bond motifs is 1. The molecule has 2 heterocycles. The molecule has 0 saturated carbocycles. The minimum atomic E-state index is -0.00790. The minimum Gasteiger partial charge on any atom is -0.489 e. The summed E-state index contributed by atoms with van der Waals surface area (Å²) in [5, 5.41) is 6.93. The first-order valence-electron chi connectivity index (χ1n) is 10.3. The fraction of sp³-hybridized carbons (Fsp3) is 0.292. The highest BCUT2D eigenvalue weighted by atomic mass is 16.5. The number of benzene rings is 2. The molecule has 1 amide bonds. The zero-order valence-electron chi connectivity index (χ0n) is 18.0. The van der Waals surface area contributed by atoms with Crippen LogP contribution in [0, 0.1) is 20.8 Å². The molecule has 1 N–H and O–H groups in total. The van der Waals surface area contributed by atoms with E-state index in [0.29, 0.717) is 26.1 Å².